The fraction of sp³-hybridized carbons (Fsp3) is 0.267. The van der Waals surface area contributed by atoms with E-state index >= 15 is 0 Å². The molecule has 0 atom stereocenters. The van der Waals surface area contributed by atoms with Crippen molar-refractivity contribution < 1.29 is 4.39 Å². The van der Waals surface area contributed by atoms with E-state index in [0.717, 1.165) is 22.5 Å². The summed E-state index contributed by atoms with van der Waals surface area (Å²) in [6.45, 7) is 2.65. The van der Waals surface area contributed by atoms with Gasteiger partial charge < -0.3 is 4.90 Å². The summed E-state index contributed by atoms with van der Waals surface area (Å²) in [7, 11) is 1.99. The summed E-state index contributed by atoms with van der Waals surface area (Å²) >= 11 is 5.94. The number of hydrogen-bond acceptors (Lipinski definition) is 2. The van der Waals surface area contributed by atoms with Crippen LogP contribution in [0.4, 0.5) is 10.1 Å². The summed E-state index contributed by atoms with van der Waals surface area (Å²) in [6.07, 6.45) is 1.80. The largest absolute Gasteiger partial charge is 0.370 e. The number of aryl methyl sites for hydroxylation is 1. The standard InChI is InChI=1S/C15H16ClFN2/c1-11-7-15(13(8-16)9-18-11)19(2)10-12-3-5-14(17)6-4-12/h3-7,9H,8,10H2,1-2H3. The Kier molecular flexibility index (Phi) is 4.38. The zero-order chi connectivity index (χ0) is 13.8. The first-order chi connectivity index (χ1) is 9.10. The van der Waals surface area contributed by atoms with Crippen LogP contribution in [-0.4, -0.2) is 12.0 Å². The number of anilines is 1. The third-order valence-corrected chi connectivity index (χ3v) is 3.27. The molecule has 19 heavy (non-hydrogen) atoms. The van der Waals surface area contributed by atoms with E-state index in [1.54, 1.807) is 18.3 Å². The fourth-order valence-corrected chi connectivity index (χ4v) is 2.19. The molecule has 0 spiro atoms. The summed E-state index contributed by atoms with van der Waals surface area (Å²) in [4.78, 5) is 6.35. The Balaban J connectivity index is 2.21. The summed E-state index contributed by atoms with van der Waals surface area (Å²) < 4.78 is 12.9. The van der Waals surface area contributed by atoms with Gasteiger partial charge in [0.15, 0.2) is 0 Å². The molecule has 0 aliphatic rings. The summed E-state index contributed by atoms with van der Waals surface area (Å²) in [5.74, 6) is 0.212. The number of rotatable bonds is 4. The van der Waals surface area contributed by atoms with Gasteiger partial charge in [-0.3, -0.25) is 4.98 Å². The van der Waals surface area contributed by atoms with Crippen LogP contribution in [0.1, 0.15) is 16.8 Å². The first kappa shape index (κ1) is 13.8. The first-order valence-electron chi connectivity index (χ1n) is 6.07. The minimum absolute atomic E-state index is 0.215. The van der Waals surface area contributed by atoms with Crippen molar-refractivity contribution >= 4 is 17.3 Å². The fourth-order valence-electron chi connectivity index (χ4n) is 1.98. The number of hydrogen-bond donors (Lipinski definition) is 0. The lowest BCUT2D eigenvalue weighted by Crippen LogP contribution is -2.18. The minimum atomic E-state index is -0.215. The highest BCUT2D eigenvalue weighted by Crippen LogP contribution is 2.23. The van der Waals surface area contributed by atoms with Crippen LogP contribution in [0.15, 0.2) is 36.5 Å². The lowest BCUT2D eigenvalue weighted by Gasteiger charge is -2.22. The Morgan fingerprint density at radius 1 is 1.26 bits per heavy atom. The Labute approximate surface area is 117 Å². The maximum Gasteiger partial charge on any atom is 0.123 e. The summed E-state index contributed by atoms with van der Waals surface area (Å²) in [5.41, 5.74) is 4.07. The number of halogens is 2. The molecule has 2 nitrogen and oxygen atoms in total. The average molecular weight is 279 g/mol. The van der Waals surface area contributed by atoms with Crippen molar-refractivity contribution in [2.45, 2.75) is 19.3 Å². The molecule has 0 N–H and O–H groups in total. The molecule has 1 aromatic carbocycles. The molecule has 2 aromatic rings. The molecule has 0 aliphatic heterocycles. The lowest BCUT2D eigenvalue weighted by atomic mass is 10.1. The van der Waals surface area contributed by atoms with Gasteiger partial charge in [0.2, 0.25) is 0 Å². The van der Waals surface area contributed by atoms with E-state index in [4.69, 9.17) is 11.6 Å². The molecule has 0 fully saturated rings. The van der Waals surface area contributed by atoms with Crippen LogP contribution < -0.4 is 4.90 Å². The molecule has 0 saturated heterocycles. The van der Waals surface area contributed by atoms with Gasteiger partial charge in [-0.05, 0) is 30.7 Å². The molecule has 0 amide bonds. The van der Waals surface area contributed by atoms with E-state index in [2.05, 4.69) is 9.88 Å². The maximum absolute atomic E-state index is 12.9. The second kappa shape index (κ2) is 6.02. The molecular weight excluding hydrogens is 263 g/mol. The molecule has 0 aliphatic carbocycles. The van der Waals surface area contributed by atoms with Crippen LogP contribution in [0, 0.1) is 12.7 Å². The van der Waals surface area contributed by atoms with Gasteiger partial charge in [0.05, 0.1) is 5.88 Å². The molecule has 0 unspecified atom stereocenters. The van der Waals surface area contributed by atoms with Crippen LogP contribution in [-0.2, 0) is 12.4 Å². The second-order valence-corrected chi connectivity index (χ2v) is 4.84. The molecule has 0 radical (unpaired) electrons. The second-order valence-electron chi connectivity index (χ2n) is 4.57. The number of alkyl halides is 1. The van der Waals surface area contributed by atoms with Crippen molar-refractivity contribution in [3.63, 3.8) is 0 Å². The van der Waals surface area contributed by atoms with Crippen molar-refractivity contribution in [1.82, 2.24) is 4.98 Å². The van der Waals surface area contributed by atoms with Gasteiger partial charge in [0.1, 0.15) is 5.82 Å². The smallest absolute Gasteiger partial charge is 0.123 e. The van der Waals surface area contributed by atoms with Crippen LogP contribution in [0.5, 0.6) is 0 Å². The molecular formula is C15H16ClFN2. The highest BCUT2D eigenvalue weighted by atomic mass is 35.5. The van der Waals surface area contributed by atoms with Gasteiger partial charge in [-0.2, -0.15) is 0 Å². The Morgan fingerprint density at radius 2 is 1.95 bits per heavy atom. The van der Waals surface area contributed by atoms with Crippen LogP contribution in [0.25, 0.3) is 0 Å². The molecule has 1 aromatic heterocycles. The van der Waals surface area contributed by atoms with E-state index < -0.39 is 0 Å². The normalized spacial score (nSPS) is 10.5. The van der Waals surface area contributed by atoms with Crippen molar-refractivity contribution in [2.24, 2.45) is 0 Å². The number of nitrogens with zero attached hydrogens (tertiary/aromatic N) is 2. The molecule has 0 saturated carbocycles. The SMILES string of the molecule is Cc1cc(N(C)Cc2ccc(F)cc2)c(CCl)cn1. The lowest BCUT2D eigenvalue weighted by molar-refractivity contribution is 0.627. The number of aromatic nitrogens is 1. The molecule has 2 rings (SSSR count). The Morgan fingerprint density at radius 3 is 2.58 bits per heavy atom. The quantitative estimate of drug-likeness (QED) is 0.789. The minimum Gasteiger partial charge on any atom is -0.370 e. The van der Waals surface area contributed by atoms with E-state index in [-0.39, 0.29) is 5.82 Å². The first-order valence-corrected chi connectivity index (χ1v) is 6.60. The van der Waals surface area contributed by atoms with Crippen molar-refractivity contribution in [2.75, 3.05) is 11.9 Å². The molecule has 1 heterocycles. The third-order valence-electron chi connectivity index (χ3n) is 2.99. The van der Waals surface area contributed by atoms with Crippen LogP contribution >= 0.6 is 11.6 Å². The van der Waals surface area contributed by atoms with Crippen molar-refractivity contribution in [3.05, 3.63) is 59.2 Å². The average Bonchev–Trinajstić information content (AvgIpc) is 2.41. The van der Waals surface area contributed by atoms with Crippen LogP contribution in [0.2, 0.25) is 0 Å². The zero-order valence-corrected chi connectivity index (χ0v) is 11.8. The predicted molar refractivity (Wildman–Crippen MR) is 77.0 cm³/mol. The van der Waals surface area contributed by atoms with Gasteiger partial charge in [-0.25, -0.2) is 4.39 Å². The van der Waals surface area contributed by atoms with Crippen molar-refractivity contribution in [3.8, 4) is 0 Å². The van der Waals surface area contributed by atoms with E-state index in [9.17, 15) is 4.39 Å². The van der Waals surface area contributed by atoms with Gasteiger partial charge in [-0.15, -0.1) is 11.6 Å². The summed E-state index contributed by atoms with van der Waals surface area (Å²) in [5, 5.41) is 0. The van der Waals surface area contributed by atoms with Gasteiger partial charge in [0, 0.05) is 36.7 Å². The molecule has 0 bridgehead atoms. The van der Waals surface area contributed by atoms with Crippen molar-refractivity contribution in [1.29, 1.82) is 0 Å². The van der Waals surface area contributed by atoms with Gasteiger partial charge >= 0.3 is 0 Å². The molecule has 100 valence electrons. The monoisotopic (exact) mass is 278 g/mol. The number of benzene rings is 1. The summed E-state index contributed by atoms with van der Waals surface area (Å²) in [6, 6.07) is 8.55. The van der Waals surface area contributed by atoms with E-state index in [1.807, 2.05) is 20.0 Å². The van der Waals surface area contributed by atoms with E-state index in [0.29, 0.717) is 12.4 Å². The van der Waals surface area contributed by atoms with Gasteiger partial charge in [-0.1, -0.05) is 12.1 Å². The third kappa shape index (κ3) is 3.44. The topological polar surface area (TPSA) is 16.1 Å². The predicted octanol–water partition coefficient (Wildman–Crippen LogP) is 3.90. The number of pyridine rings is 1. The Bertz CT molecular complexity index is 555. The highest BCUT2D eigenvalue weighted by molar-refractivity contribution is 6.17. The van der Waals surface area contributed by atoms with Gasteiger partial charge in [0.25, 0.3) is 0 Å². The van der Waals surface area contributed by atoms with Crippen LogP contribution in [0.3, 0.4) is 0 Å². The maximum atomic E-state index is 12.9. The zero-order valence-electron chi connectivity index (χ0n) is 11.0. The van der Waals surface area contributed by atoms with E-state index in [1.165, 1.54) is 12.1 Å². The Hall–Kier alpha value is -1.61. The molecule has 4 heteroatoms. The highest BCUT2D eigenvalue weighted by Gasteiger charge is 2.08.